The Bertz CT molecular complexity index is 340. The molecule has 1 aliphatic rings. The first-order chi connectivity index (χ1) is 8.24. The molecule has 0 aliphatic heterocycles. The molecule has 0 amide bonds. The van der Waals surface area contributed by atoms with Gasteiger partial charge in [-0.2, -0.15) is 0 Å². The first-order valence-corrected chi connectivity index (χ1v) is 6.65. The molecule has 96 valence electrons. The molecule has 0 aromatic carbocycles. The summed E-state index contributed by atoms with van der Waals surface area (Å²) in [6.45, 7) is 2.01. The maximum atomic E-state index is 5.76. The topological polar surface area (TPSA) is 37.2 Å². The Kier molecular flexibility index (Phi) is 4.24. The zero-order valence-electron chi connectivity index (χ0n) is 11.1. The molecule has 1 aromatic heterocycles. The van der Waals surface area contributed by atoms with E-state index in [0.717, 1.165) is 11.5 Å². The van der Waals surface area contributed by atoms with E-state index < -0.39 is 0 Å². The molecule has 3 nitrogen and oxygen atoms in total. The highest BCUT2D eigenvalue weighted by molar-refractivity contribution is 5.11. The van der Waals surface area contributed by atoms with Crippen molar-refractivity contribution in [1.29, 1.82) is 0 Å². The van der Waals surface area contributed by atoms with Crippen molar-refractivity contribution in [3.8, 4) is 0 Å². The summed E-state index contributed by atoms with van der Waals surface area (Å²) in [4.78, 5) is 0. The molecule has 0 saturated heterocycles. The van der Waals surface area contributed by atoms with Gasteiger partial charge in [0.25, 0.3) is 0 Å². The maximum Gasteiger partial charge on any atom is 0.121 e. The Balaban J connectivity index is 2.00. The Morgan fingerprint density at radius 1 is 1.18 bits per heavy atom. The lowest BCUT2D eigenvalue weighted by Crippen LogP contribution is -2.34. The normalized spacial score (nSPS) is 27.0. The molecule has 0 radical (unpaired) electrons. The van der Waals surface area contributed by atoms with Gasteiger partial charge in [0.2, 0.25) is 0 Å². The number of hydrogen-bond donors (Lipinski definition) is 2. The molecule has 2 N–H and O–H groups in total. The van der Waals surface area contributed by atoms with Crippen molar-refractivity contribution in [3.05, 3.63) is 23.7 Å². The minimum Gasteiger partial charge on any atom is -0.465 e. The Morgan fingerprint density at radius 2 is 1.88 bits per heavy atom. The fourth-order valence-corrected chi connectivity index (χ4v) is 2.97. The van der Waals surface area contributed by atoms with Crippen LogP contribution in [0.2, 0.25) is 0 Å². The molecular weight excluding hydrogens is 212 g/mol. The molecule has 1 unspecified atom stereocenters. The minimum absolute atomic E-state index is 0.376. The largest absolute Gasteiger partial charge is 0.465 e. The van der Waals surface area contributed by atoms with Gasteiger partial charge in [0, 0.05) is 6.04 Å². The second-order valence-corrected chi connectivity index (χ2v) is 5.12. The van der Waals surface area contributed by atoms with Crippen molar-refractivity contribution in [2.45, 2.75) is 44.7 Å². The van der Waals surface area contributed by atoms with E-state index in [1.165, 1.54) is 25.7 Å². The third kappa shape index (κ3) is 2.90. The first-order valence-electron chi connectivity index (χ1n) is 6.65. The van der Waals surface area contributed by atoms with Crippen molar-refractivity contribution >= 4 is 0 Å². The van der Waals surface area contributed by atoms with Gasteiger partial charge in [-0.3, -0.25) is 0 Å². The lowest BCUT2D eigenvalue weighted by atomic mass is 9.81. The predicted octanol–water partition coefficient (Wildman–Crippen LogP) is 2.63. The second kappa shape index (κ2) is 5.69. The highest BCUT2D eigenvalue weighted by Crippen LogP contribution is 2.34. The van der Waals surface area contributed by atoms with Gasteiger partial charge in [-0.05, 0) is 64.8 Å². The van der Waals surface area contributed by atoms with Gasteiger partial charge >= 0.3 is 0 Å². The van der Waals surface area contributed by atoms with Crippen LogP contribution in [0.5, 0.6) is 0 Å². The molecule has 3 heteroatoms. The molecule has 0 spiro atoms. The van der Waals surface area contributed by atoms with Gasteiger partial charge in [-0.1, -0.05) is 0 Å². The van der Waals surface area contributed by atoms with Gasteiger partial charge < -0.3 is 15.1 Å². The van der Waals surface area contributed by atoms with Crippen LogP contribution >= 0.6 is 0 Å². The number of furan rings is 1. The summed E-state index contributed by atoms with van der Waals surface area (Å²) in [5.41, 5.74) is 0. The number of aryl methyl sites for hydroxylation is 1. The van der Waals surface area contributed by atoms with Crippen LogP contribution in [0.25, 0.3) is 0 Å². The van der Waals surface area contributed by atoms with Crippen LogP contribution in [0, 0.1) is 12.8 Å². The fourth-order valence-electron chi connectivity index (χ4n) is 2.97. The Morgan fingerprint density at radius 3 is 2.35 bits per heavy atom. The summed E-state index contributed by atoms with van der Waals surface area (Å²) in [6.07, 6.45) is 5.10. The standard InChI is InChI=1S/C14H24N2O/c1-10-4-9-13(17-10)14(16-3)11-5-7-12(15-2)8-6-11/h4,9,11-12,14-16H,5-8H2,1-3H3. The molecule has 1 aromatic rings. The van der Waals surface area contributed by atoms with Crippen LogP contribution in [0.3, 0.4) is 0 Å². The SMILES string of the molecule is CNC1CCC(C(NC)c2ccc(C)o2)CC1. The van der Waals surface area contributed by atoms with Crippen molar-refractivity contribution in [2.75, 3.05) is 14.1 Å². The summed E-state index contributed by atoms with van der Waals surface area (Å²) in [5.74, 6) is 2.80. The van der Waals surface area contributed by atoms with E-state index in [-0.39, 0.29) is 0 Å². The van der Waals surface area contributed by atoms with E-state index in [4.69, 9.17) is 4.42 Å². The van der Waals surface area contributed by atoms with Crippen LogP contribution in [0.4, 0.5) is 0 Å². The van der Waals surface area contributed by atoms with Crippen LogP contribution in [-0.2, 0) is 0 Å². The fraction of sp³-hybridized carbons (Fsp3) is 0.714. The molecular formula is C14H24N2O. The van der Waals surface area contributed by atoms with Crippen LogP contribution < -0.4 is 10.6 Å². The third-order valence-electron chi connectivity index (χ3n) is 4.03. The van der Waals surface area contributed by atoms with Crippen molar-refractivity contribution in [1.82, 2.24) is 10.6 Å². The molecule has 1 atom stereocenters. The smallest absolute Gasteiger partial charge is 0.121 e. The van der Waals surface area contributed by atoms with Crippen LogP contribution in [0.1, 0.15) is 43.2 Å². The zero-order chi connectivity index (χ0) is 12.3. The van der Waals surface area contributed by atoms with E-state index in [0.29, 0.717) is 18.0 Å². The Labute approximate surface area is 104 Å². The second-order valence-electron chi connectivity index (χ2n) is 5.12. The van der Waals surface area contributed by atoms with Gasteiger partial charge in [0.15, 0.2) is 0 Å². The maximum absolute atomic E-state index is 5.76. The highest BCUT2D eigenvalue weighted by Gasteiger charge is 2.28. The van der Waals surface area contributed by atoms with Crippen molar-refractivity contribution < 1.29 is 4.42 Å². The van der Waals surface area contributed by atoms with Gasteiger partial charge in [-0.25, -0.2) is 0 Å². The van der Waals surface area contributed by atoms with E-state index in [1.807, 2.05) is 14.0 Å². The summed E-state index contributed by atoms with van der Waals surface area (Å²) in [6, 6.07) is 5.25. The molecule has 1 saturated carbocycles. The number of rotatable bonds is 4. The zero-order valence-corrected chi connectivity index (χ0v) is 11.1. The average Bonchev–Trinajstić information content (AvgIpc) is 2.78. The summed E-state index contributed by atoms with van der Waals surface area (Å²) < 4.78 is 5.76. The van der Waals surface area contributed by atoms with Crippen LogP contribution in [-0.4, -0.2) is 20.1 Å². The predicted molar refractivity (Wildman–Crippen MR) is 70.1 cm³/mol. The van der Waals surface area contributed by atoms with Gasteiger partial charge in [0.05, 0.1) is 6.04 Å². The van der Waals surface area contributed by atoms with Gasteiger partial charge in [0.1, 0.15) is 11.5 Å². The molecule has 2 rings (SSSR count). The third-order valence-corrected chi connectivity index (χ3v) is 4.03. The molecule has 1 heterocycles. The highest BCUT2D eigenvalue weighted by atomic mass is 16.3. The van der Waals surface area contributed by atoms with E-state index in [2.05, 4.69) is 29.8 Å². The molecule has 1 aliphatic carbocycles. The summed E-state index contributed by atoms with van der Waals surface area (Å²) in [7, 11) is 4.10. The van der Waals surface area contributed by atoms with E-state index in [1.54, 1.807) is 0 Å². The molecule has 17 heavy (non-hydrogen) atoms. The lowest BCUT2D eigenvalue weighted by molar-refractivity contribution is 0.226. The molecule has 0 bridgehead atoms. The van der Waals surface area contributed by atoms with E-state index in [9.17, 15) is 0 Å². The van der Waals surface area contributed by atoms with E-state index >= 15 is 0 Å². The summed E-state index contributed by atoms with van der Waals surface area (Å²) >= 11 is 0. The quantitative estimate of drug-likeness (QED) is 0.844. The van der Waals surface area contributed by atoms with Crippen molar-refractivity contribution in [2.24, 2.45) is 5.92 Å². The van der Waals surface area contributed by atoms with Gasteiger partial charge in [-0.15, -0.1) is 0 Å². The van der Waals surface area contributed by atoms with Crippen LogP contribution in [0.15, 0.2) is 16.5 Å². The monoisotopic (exact) mass is 236 g/mol. The number of hydrogen-bond acceptors (Lipinski definition) is 3. The first kappa shape index (κ1) is 12.7. The van der Waals surface area contributed by atoms with Crippen molar-refractivity contribution in [3.63, 3.8) is 0 Å². The number of nitrogens with one attached hydrogen (secondary N) is 2. The lowest BCUT2D eigenvalue weighted by Gasteiger charge is -2.32. The minimum atomic E-state index is 0.376. The Hall–Kier alpha value is -0.800. The molecule has 1 fully saturated rings. The average molecular weight is 236 g/mol. The summed E-state index contributed by atoms with van der Waals surface area (Å²) in [5, 5.41) is 6.80.